The monoisotopic (exact) mass is 570 g/mol. The summed E-state index contributed by atoms with van der Waals surface area (Å²) in [6.45, 7) is 4.97. The van der Waals surface area contributed by atoms with Gasteiger partial charge in [0.05, 0.1) is 31.0 Å². The molecule has 1 amide bonds. The van der Waals surface area contributed by atoms with Crippen molar-refractivity contribution in [3.8, 4) is 5.75 Å². The number of hydroxylamine groups is 2. The number of nitrogens with zero attached hydrogens (tertiary/aromatic N) is 4. The van der Waals surface area contributed by atoms with Gasteiger partial charge < -0.3 is 14.6 Å². The number of carbonyl (C=O) groups is 1. The second kappa shape index (κ2) is 14.7. The van der Waals surface area contributed by atoms with Gasteiger partial charge in [-0.05, 0) is 35.4 Å². The van der Waals surface area contributed by atoms with E-state index in [4.69, 9.17) is 19.3 Å². The predicted molar refractivity (Wildman–Crippen MR) is 161 cm³/mol. The van der Waals surface area contributed by atoms with Crippen LogP contribution in [0.4, 0.5) is 4.79 Å². The first-order valence-electron chi connectivity index (χ1n) is 14.3. The van der Waals surface area contributed by atoms with Crippen molar-refractivity contribution >= 4 is 17.0 Å². The van der Waals surface area contributed by atoms with E-state index < -0.39 is 12.2 Å². The minimum atomic E-state index is -0.765. The van der Waals surface area contributed by atoms with Crippen molar-refractivity contribution in [2.75, 3.05) is 46.4 Å². The number of fused-ring (bicyclic) bond motifs is 1. The van der Waals surface area contributed by atoms with Crippen molar-refractivity contribution in [2.45, 2.75) is 25.8 Å². The van der Waals surface area contributed by atoms with Crippen LogP contribution in [0.2, 0.25) is 0 Å². The molecule has 0 radical (unpaired) electrons. The number of amides is 1. The molecule has 4 aromatic rings. The fourth-order valence-electron chi connectivity index (χ4n) is 4.93. The smallest absolute Gasteiger partial charge is 0.434 e. The number of carbonyl (C=O) groups excluding carboxylic acids is 1. The molecule has 42 heavy (non-hydrogen) atoms. The van der Waals surface area contributed by atoms with Gasteiger partial charge in [-0.15, -0.1) is 0 Å². The summed E-state index contributed by atoms with van der Waals surface area (Å²) in [5.41, 5.74) is 3.80. The van der Waals surface area contributed by atoms with Crippen LogP contribution in [0.3, 0.4) is 0 Å². The van der Waals surface area contributed by atoms with Gasteiger partial charge in [0.2, 0.25) is 0 Å². The number of piperazine rings is 1. The third-order valence-corrected chi connectivity index (χ3v) is 7.29. The number of aliphatic hydroxyl groups excluding tert-OH is 1. The number of ether oxygens (including phenoxy) is 2. The Labute approximate surface area is 246 Å². The highest BCUT2D eigenvalue weighted by molar-refractivity contribution is 5.78. The summed E-state index contributed by atoms with van der Waals surface area (Å²) >= 11 is 0. The molecule has 1 atom stereocenters. The normalized spacial score (nSPS) is 14.9. The van der Waals surface area contributed by atoms with Crippen LogP contribution in [-0.2, 0) is 29.3 Å². The molecule has 1 N–H and O–H groups in total. The molecule has 1 saturated heterocycles. The number of benzene rings is 3. The number of aromatic nitrogens is 1. The number of hydrogen-bond donors (Lipinski definition) is 1. The van der Waals surface area contributed by atoms with Crippen LogP contribution >= 0.6 is 0 Å². The summed E-state index contributed by atoms with van der Waals surface area (Å²) < 4.78 is 10.7. The molecule has 1 unspecified atom stereocenters. The largest absolute Gasteiger partial charge is 0.497 e. The number of pyridine rings is 1. The van der Waals surface area contributed by atoms with E-state index in [0.29, 0.717) is 6.54 Å². The van der Waals surface area contributed by atoms with Crippen LogP contribution in [0.1, 0.15) is 16.8 Å². The number of hydrogen-bond acceptors (Lipinski definition) is 8. The van der Waals surface area contributed by atoms with Crippen molar-refractivity contribution < 1.29 is 24.2 Å². The lowest BCUT2D eigenvalue weighted by atomic mass is 10.2. The number of methoxy groups -OCH3 is 1. The van der Waals surface area contributed by atoms with E-state index >= 15 is 0 Å². The molecule has 1 fully saturated rings. The highest BCUT2D eigenvalue weighted by atomic mass is 16.7. The molecular formula is C33H38N4O5. The van der Waals surface area contributed by atoms with E-state index in [0.717, 1.165) is 66.2 Å². The number of para-hydroxylation sites is 1. The zero-order chi connectivity index (χ0) is 29.1. The molecule has 9 nitrogen and oxygen atoms in total. The Balaban J connectivity index is 1.10. The van der Waals surface area contributed by atoms with Crippen LogP contribution in [0.5, 0.6) is 5.75 Å². The molecular weight excluding hydrogens is 532 g/mol. The van der Waals surface area contributed by atoms with Crippen LogP contribution < -0.4 is 4.74 Å². The SMILES string of the molecule is COc1ccc(CN(OCC(O)CN2CCN(Cc3ccc4ccccc4n3)CC2)C(=O)OCc2ccccc2)cc1. The van der Waals surface area contributed by atoms with Crippen molar-refractivity contribution in [2.24, 2.45) is 0 Å². The molecule has 3 aromatic carbocycles. The third-order valence-electron chi connectivity index (χ3n) is 7.29. The molecule has 0 bridgehead atoms. The molecule has 220 valence electrons. The highest BCUT2D eigenvalue weighted by Crippen LogP contribution is 2.16. The third kappa shape index (κ3) is 8.50. The van der Waals surface area contributed by atoms with Crippen LogP contribution in [-0.4, -0.2) is 83.6 Å². The van der Waals surface area contributed by atoms with Gasteiger partial charge in [-0.3, -0.25) is 19.6 Å². The van der Waals surface area contributed by atoms with Crippen LogP contribution in [0.15, 0.2) is 91.0 Å². The van der Waals surface area contributed by atoms with Crippen LogP contribution in [0.25, 0.3) is 10.9 Å². The highest BCUT2D eigenvalue weighted by Gasteiger charge is 2.23. The van der Waals surface area contributed by atoms with Gasteiger partial charge in [-0.1, -0.05) is 66.7 Å². The van der Waals surface area contributed by atoms with Gasteiger partial charge >= 0.3 is 6.09 Å². The fraction of sp³-hybridized carbons (Fsp3) is 0.333. The quantitative estimate of drug-likeness (QED) is 0.249. The Morgan fingerprint density at radius 3 is 2.36 bits per heavy atom. The average molecular weight is 571 g/mol. The van der Waals surface area contributed by atoms with Gasteiger partial charge in [-0.25, -0.2) is 4.79 Å². The molecule has 0 saturated carbocycles. The molecule has 1 aromatic heterocycles. The van der Waals surface area contributed by atoms with Gasteiger partial charge in [-0.2, -0.15) is 5.06 Å². The van der Waals surface area contributed by atoms with Gasteiger partial charge in [0.15, 0.2) is 0 Å². The second-order valence-electron chi connectivity index (χ2n) is 10.4. The molecule has 0 aliphatic carbocycles. The summed E-state index contributed by atoms with van der Waals surface area (Å²) in [4.78, 5) is 28.2. The Morgan fingerprint density at radius 1 is 0.881 bits per heavy atom. The maximum absolute atomic E-state index is 13.0. The van der Waals surface area contributed by atoms with E-state index in [2.05, 4.69) is 28.0 Å². The van der Waals surface area contributed by atoms with E-state index in [-0.39, 0.29) is 19.8 Å². The van der Waals surface area contributed by atoms with Crippen molar-refractivity contribution in [3.05, 3.63) is 108 Å². The first kappa shape index (κ1) is 29.5. The summed E-state index contributed by atoms with van der Waals surface area (Å²) in [7, 11) is 1.61. The summed E-state index contributed by atoms with van der Waals surface area (Å²) in [5.74, 6) is 0.724. The van der Waals surface area contributed by atoms with Crippen molar-refractivity contribution in [1.29, 1.82) is 0 Å². The lowest BCUT2D eigenvalue weighted by molar-refractivity contribution is -0.166. The predicted octanol–water partition coefficient (Wildman–Crippen LogP) is 4.49. The topological polar surface area (TPSA) is 87.6 Å². The minimum absolute atomic E-state index is 0.0299. The molecule has 5 rings (SSSR count). The molecule has 1 aliphatic heterocycles. The van der Waals surface area contributed by atoms with E-state index in [9.17, 15) is 9.90 Å². The first-order chi connectivity index (χ1) is 20.6. The van der Waals surface area contributed by atoms with E-state index in [1.165, 1.54) is 5.06 Å². The van der Waals surface area contributed by atoms with E-state index in [1.807, 2.05) is 72.8 Å². The number of rotatable bonds is 12. The maximum atomic E-state index is 13.0. The standard InChI is InChI=1S/C33H38N4O5/c1-40-31-15-11-26(12-16-31)21-37(33(39)41-24-27-7-3-2-4-8-27)42-25-30(38)23-36-19-17-35(18-20-36)22-29-14-13-28-9-5-6-10-32(28)34-29/h2-16,30,38H,17-25H2,1H3. The summed E-state index contributed by atoms with van der Waals surface area (Å²) in [5, 5.41) is 13.1. The van der Waals surface area contributed by atoms with E-state index in [1.54, 1.807) is 7.11 Å². The van der Waals surface area contributed by atoms with Gasteiger partial charge in [0.1, 0.15) is 19.0 Å². The van der Waals surface area contributed by atoms with Crippen molar-refractivity contribution in [1.82, 2.24) is 19.8 Å². The Morgan fingerprint density at radius 2 is 1.60 bits per heavy atom. The number of aliphatic hydroxyl groups is 1. The molecule has 0 spiro atoms. The Hall–Kier alpha value is -4.02. The molecule has 9 heteroatoms. The zero-order valence-electron chi connectivity index (χ0n) is 24.0. The maximum Gasteiger partial charge on any atom is 0.434 e. The van der Waals surface area contributed by atoms with Gasteiger partial charge in [0.25, 0.3) is 0 Å². The Kier molecular flexibility index (Phi) is 10.3. The fourth-order valence-corrected chi connectivity index (χ4v) is 4.93. The summed E-state index contributed by atoms with van der Waals surface area (Å²) in [6, 6.07) is 29.2. The van der Waals surface area contributed by atoms with Gasteiger partial charge in [0, 0.05) is 44.7 Å². The molecule has 2 heterocycles. The average Bonchev–Trinajstić information content (AvgIpc) is 3.03. The lowest BCUT2D eigenvalue weighted by Crippen LogP contribution is -2.49. The first-order valence-corrected chi connectivity index (χ1v) is 14.3. The number of β-amino-alcohol motifs (C(OH)–C–C–N with tert-alkyl or cyclic N) is 1. The molecule has 1 aliphatic rings. The lowest BCUT2D eigenvalue weighted by Gasteiger charge is -2.35. The van der Waals surface area contributed by atoms with Crippen LogP contribution in [0, 0.1) is 0 Å². The Bertz CT molecular complexity index is 1410. The minimum Gasteiger partial charge on any atom is -0.497 e. The van der Waals surface area contributed by atoms with Crippen molar-refractivity contribution in [3.63, 3.8) is 0 Å². The second-order valence-corrected chi connectivity index (χ2v) is 10.4. The summed E-state index contributed by atoms with van der Waals surface area (Å²) in [6.07, 6.45) is -1.38. The zero-order valence-corrected chi connectivity index (χ0v) is 24.0.